The molecule has 0 saturated carbocycles. The average Bonchev–Trinajstić information content (AvgIpc) is 2.39. The number of halogens is 1. The number of amides is 1. The number of nitrogens with zero attached hydrogens (tertiary/aromatic N) is 1. The van der Waals surface area contributed by atoms with E-state index in [9.17, 15) is 9.59 Å². The summed E-state index contributed by atoms with van der Waals surface area (Å²) in [6.45, 7) is 1.88. The van der Waals surface area contributed by atoms with Crippen LogP contribution < -0.4 is 10.9 Å². The highest BCUT2D eigenvalue weighted by Crippen LogP contribution is 2.17. The van der Waals surface area contributed by atoms with Gasteiger partial charge in [0.1, 0.15) is 5.69 Å². The van der Waals surface area contributed by atoms with Crippen molar-refractivity contribution in [3.05, 3.63) is 62.5 Å². The number of hydrogen-bond donors (Lipinski definition) is 2. The van der Waals surface area contributed by atoms with E-state index in [1.54, 1.807) is 0 Å². The number of nitrogens with one attached hydrogen (secondary N) is 2. The number of aromatic nitrogens is 2. The van der Waals surface area contributed by atoms with Crippen LogP contribution in [-0.2, 0) is 0 Å². The maximum atomic E-state index is 11.9. The lowest BCUT2D eigenvalue weighted by molar-refractivity contribution is 0.0933. The Bertz CT molecular complexity index is 634. The van der Waals surface area contributed by atoms with Crippen LogP contribution in [0.25, 0.3) is 0 Å². The minimum atomic E-state index is -0.336. The molecule has 2 aromatic rings. The summed E-state index contributed by atoms with van der Waals surface area (Å²) in [4.78, 5) is 22.8. The molecule has 1 heterocycles. The van der Waals surface area contributed by atoms with Gasteiger partial charge in [-0.25, -0.2) is 5.10 Å². The monoisotopic (exact) mass is 321 g/mol. The van der Waals surface area contributed by atoms with Crippen molar-refractivity contribution in [2.75, 3.05) is 0 Å². The molecule has 0 aliphatic rings. The molecule has 0 fully saturated rings. The molecule has 0 saturated heterocycles. The van der Waals surface area contributed by atoms with Crippen LogP contribution in [0.5, 0.6) is 0 Å². The van der Waals surface area contributed by atoms with Crippen molar-refractivity contribution in [3.8, 4) is 0 Å². The Morgan fingerprint density at radius 1 is 1.37 bits per heavy atom. The first-order valence-corrected chi connectivity index (χ1v) is 6.47. The van der Waals surface area contributed by atoms with Crippen LogP contribution in [0.4, 0.5) is 0 Å². The molecule has 0 aliphatic heterocycles. The highest BCUT2D eigenvalue weighted by molar-refractivity contribution is 9.10. The van der Waals surface area contributed by atoms with Crippen molar-refractivity contribution >= 4 is 21.8 Å². The second kappa shape index (κ2) is 5.79. The van der Waals surface area contributed by atoms with Gasteiger partial charge in [-0.15, -0.1) is 0 Å². The van der Waals surface area contributed by atoms with Gasteiger partial charge < -0.3 is 5.32 Å². The van der Waals surface area contributed by atoms with Gasteiger partial charge in [-0.3, -0.25) is 9.59 Å². The van der Waals surface area contributed by atoms with Gasteiger partial charge in [-0.1, -0.05) is 28.1 Å². The minimum Gasteiger partial charge on any atom is -0.344 e. The Morgan fingerprint density at radius 3 is 2.79 bits per heavy atom. The first-order valence-electron chi connectivity index (χ1n) is 5.68. The Balaban J connectivity index is 2.10. The van der Waals surface area contributed by atoms with Crippen LogP contribution in [0, 0.1) is 0 Å². The molecule has 0 radical (unpaired) electrons. The Hall–Kier alpha value is -1.95. The number of aromatic amines is 1. The summed E-state index contributed by atoms with van der Waals surface area (Å²) >= 11 is 3.38. The first-order chi connectivity index (χ1) is 9.06. The third kappa shape index (κ3) is 3.51. The zero-order valence-corrected chi connectivity index (χ0v) is 11.8. The molecular weight excluding hydrogens is 310 g/mol. The maximum Gasteiger partial charge on any atom is 0.272 e. The highest BCUT2D eigenvalue weighted by atomic mass is 79.9. The SMILES string of the molecule is CC(NC(=O)c1ccc(=O)[nH]n1)c1cccc(Br)c1. The number of benzene rings is 1. The van der Waals surface area contributed by atoms with Gasteiger partial charge in [0.2, 0.25) is 0 Å². The molecule has 19 heavy (non-hydrogen) atoms. The third-order valence-corrected chi connectivity index (χ3v) is 3.10. The predicted octanol–water partition coefficient (Wildman–Crippen LogP) is 2.02. The maximum absolute atomic E-state index is 11.9. The zero-order chi connectivity index (χ0) is 13.8. The van der Waals surface area contributed by atoms with Crippen molar-refractivity contribution in [2.24, 2.45) is 0 Å². The fourth-order valence-corrected chi connectivity index (χ4v) is 2.02. The van der Waals surface area contributed by atoms with E-state index in [0.717, 1.165) is 10.0 Å². The Labute approximate surface area is 118 Å². The van der Waals surface area contributed by atoms with Crippen LogP contribution in [0.2, 0.25) is 0 Å². The second-order valence-electron chi connectivity index (χ2n) is 4.06. The van der Waals surface area contributed by atoms with Crippen LogP contribution in [0.15, 0.2) is 45.7 Å². The molecule has 1 unspecified atom stereocenters. The van der Waals surface area contributed by atoms with Crippen LogP contribution in [0.3, 0.4) is 0 Å². The van der Waals surface area contributed by atoms with E-state index in [2.05, 4.69) is 31.4 Å². The fraction of sp³-hybridized carbons (Fsp3) is 0.154. The first kappa shape index (κ1) is 13.5. The van der Waals surface area contributed by atoms with E-state index in [-0.39, 0.29) is 23.2 Å². The van der Waals surface area contributed by atoms with E-state index in [0.29, 0.717) is 0 Å². The van der Waals surface area contributed by atoms with Crippen molar-refractivity contribution < 1.29 is 4.79 Å². The van der Waals surface area contributed by atoms with E-state index in [4.69, 9.17) is 0 Å². The summed E-state index contributed by atoms with van der Waals surface area (Å²) in [5.41, 5.74) is 0.824. The van der Waals surface area contributed by atoms with Gasteiger partial charge in [-0.05, 0) is 30.7 Å². The quantitative estimate of drug-likeness (QED) is 0.908. The number of carbonyl (C=O) groups is 1. The summed E-state index contributed by atoms with van der Waals surface area (Å²) in [7, 11) is 0. The number of rotatable bonds is 3. The topological polar surface area (TPSA) is 74.8 Å². The lowest BCUT2D eigenvalue weighted by Gasteiger charge is -2.14. The summed E-state index contributed by atoms with van der Waals surface area (Å²) in [6, 6.07) is 10.2. The second-order valence-corrected chi connectivity index (χ2v) is 4.97. The molecule has 0 aliphatic carbocycles. The van der Waals surface area contributed by atoms with Gasteiger partial charge in [0.25, 0.3) is 11.5 Å². The zero-order valence-electron chi connectivity index (χ0n) is 10.2. The molecule has 1 aromatic carbocycles. The minimum absolute atomic E-state index is 0.154. The smallest absolute Gasteiger partial charge is 0.272 e. The van der Waals surface area contributed by atoms with Gasteiger partial charge >= 0.3 is 0 Å². The molecule has 6 heteroatoms. The highest BCUT2D eigenvalue weighted by Gasteiger charge is 2.12. The fourth-order valence-electron chi connectivity index (χ4n) is 1.60. The summed E-state index contributed by atoms with van der Waals surface area (Å²) < 4.78 is 0.952. The van der Waals surface area contributed by atoms with E-state index in [1.165, 1.54) is 12.1 Å². The van der Waals surface area contributed by atoms with Crippen molar-refractivity contribution in [2.45, 2.75) is 13.0 Å². The van der Waals surface area contributed by atoms with Crippen molar-refractivity contribution in [1.82, 2.24) is 15.5 Å². The molecule has 1 atom stereocenters. The van der Waals surface area contributed by atoms with Crippen LogP contribution in [0.1, 0.15) is 29.0 Å². The summed E-state index contributed by atoms with van der Waals surface area (Å²) in [6.07, 6.45) is 0. The summed E-state index contributed by atoms with van der Waals surface area (Å²) in [5.74, 6) is -0.330. The largest absolute Gasteiger partial charge is 0.344 e. The molecule has 0 bridgehead atoms. The molecular formula is C13H12BrN3O2. The normalized spacial score (nSPS) is 11.9. The number of carbonyl (C=O) groups excluding carboxylic acids is 1. The molecule has 2 rings (SSSR count). The molecule has 1 amide bonds. The predicted molar refractivity (Wildman–Crippen MR) is 74.9 cm³/mol. The number of H-pyrrole nitrogens is 1. The Morgan fingerprint density at radius 2 is 2.16 bits per heavy atom. The molecule has 1 aromatic heterocycles. The molecule has 2 N–H and O–H groups in total. The van der Waals surface area contributed by atoms with Crippen LogP contribution in [-0.4, -0.2) is 16.1 Å². The third-order valence-electron chi connectivity index (χ3n) is 2.61. The van der Waals surface area contributed by atoms with E-state index < -0.39 is 0 Å². The average molecular weight is 322 g/mol. The van der Waals surface area contributed by atoms with Crippen molar-refractivity contribution in [3.63, 3.8) is 0 Å². The standard InChI is InChI=1S/C13H12BrN3O2/c1-8(9-3-2-4-10(14)7-9)15-13(19)11-5-6-12(18)17-16-11/h2-8H,1H3,(H,15,19)(H,17,18). The van der Waals surface area contributed by atoms with E-state index >= 15 is 0 Å². The van der Waals surface area contributed by atoms with Crippen LogP contribution >= 0.6 is 15.9 Å². The lowest BCUT2D eigenvalue weighted by atomic mass is 10.1. The molecule has 5 nitrogen and oxygen atoms in total. The molecule has 98 valence electrons. The lowest BCUT2D eigenvalue weighted by Crippen LogP contribution is -2.28. The number of hydrogen-bond acceptors (Lipinski definition) is 3. The van der Waals surface area contributed by atoms with Gasteiger partial charge in [0.05, 0.1) is 6.04 Å². The summed E-state index contributed by atoms with van der Waals surface area (Å²) in [5, 5.41) is 8.73. The Kier molecular flexibility index (Phi) is 4.11. The van der Waals surface area contributed by atoms with Gasteiger partial charge in [-0.2, -0.15) is 5.10 Å². The van der Waals surface area contributed by atoms with Crippen molar-refractivity contribution in [1.29, 1.82) is 0 Å². The van der Waals surface area contributed by atoms with Gasteiger partial charge in [0.15, 0.2) is 0 Å². The van der Waals surface area contributed by atoms with E-state index in [1.807, 2.05) is 31.2 Å². The molecule has 0 spiro atoms. The van der Waals surface area contributed by atoms with Gasteiger partial charge in [0, 0.05) is 10.5 Å².